The number of amides is 1. The standard InChI is InChI=1S/C23H26FN7O/c24-18-7-6-17(21-29-28-20-5-2-1-3-12-31(20)21)15-19(18)27-22(32)16-8-13-30(14-9-16)23-25-10-4-11-26-23/h4,6-7,10-11,15-16H,1-3,5,8-9,12-14H2,(H,27,32). The zero-order valence-electron chi connectivity index (χ0n) is 17.9. The quantitative estimate of drug-likeness (QED) is 0.675. The zero-order chi connectivity index (χ0) is 21.9. The van der Waals surface area contributed by atoms with Crippen LogP contribution in [0.25, 0.3) is 11.4 Å². The van der Waals surface area contributed by atoms with Gasteiger partial charge in [0.25, 0.3) is 0 Å². The molecule has 2 aromatic heterocycles. The predicted octanol–water partition coefficient (Wildman–Crippen LogP) is 3.46. The highest BCUT2D eigenvalue weighted by atomic mass is 19.1. The van der Waals surface area contributed by atoms with Crippen LogP contribution < -0.4 is 10.2 Å². The Morgan fingerprint density at radius 2 is 1.84 bits per heavy atom. The molecule has 5 rings (SSSR count). The summed E-state index contributed by atoms with van der Waals surface area (Å²) in [4.78, 5) is 23.5. The first-order valence-corrected chi connectivity index (χ1v) is 11.2. The molecule has 1 saturated heterocycles. The molecule has 1 amide bonds. The van der Waals surface area contributed by atoms with Gasteiger partial charge in [0, 0.05) is 49.9 Å². The molecule has 0 atom stereocenters. The molecular formula is C23H26FN7O. The van der Waals surface area contributed by atoms with E-state index in [0.717, 1.165) is 43.0 Å². The molecule has 0 spiro atoms. The van der Waals surface area contributed by atoms with E-state index in [9.17, 15) is 9.18 Å². The Morgan fingerprint density at radius 3 is 2.66 bits per heavy atom. The summed E-state index contributed by atoms with van der Waals surface area (Å²) in [5, 5.41) is 11.5. The van der Waals surface area contributed by atoms with Gasteiger partial charge in [0.1, 0.15) is 11.6 Å². The number of aryl methyl sites for hydroxylation is 1. The van der Waals surface area contributed by atoms with Gasteiger partial charge in [-0.1, -0.05) is 6.42 Å². The van der Waals surface area contributed by atoms with E-state index < -0.39 is 5.82 Å². The van der Waals surface area contributed by atoms with Crippen molar-refractivity contribution in [3.63, 3.8) is 0 Å². The molecule has 0 bridgehead atoms. The maximum absolute atomic E-state index is 14.5. The fraction of sp³-hybridized carbons (Fsp3) is 0.435. The minimum atomic E-state index is -0.451. The van der Waals surface area contributed by atoms with E-state index in [1.807, 2.05) is 0 Å². The molecule has 1 N–H and O–H groups in total. The van der Waals surface area contributed by atoms with Crippen molar-refractivity contribution in [1.29, 1.82) is 0 Å². The second-order valence-electron chi connectivity index (χ2n) is 8.40. The number of hydrogen-bond acceptors (Lipinski definition) is 6. The molecule has 2 aliphatic rings. The van der Waals surface area contributed by atoms with E-state index in [1.54, 1.807) is 30.6 Å². The lowest BCUT2D eigenvalue weighted by atomic mass is 9.96. The number of fused-ring (bicyclic) bond motifs is 1. The van der Waals surface area contributed by atoms with Crippen molar-refractivity contribution in [2.24, 2.45) is 5.92 Å². The minimum Gasteiger partial charge on any atom is -0.341 e. The first-order chi connectivity index (χ1) is 15.7. The van der Waals surface area contributed by atoms with Crippen molar-refractivity contribution in [2.75, 3.05) is 23.3 Å². The topological polar surface area (TPSA) is 88.8 Å². The van der Waals surface area contributed by atoms with E-state index in [-0.39, 0.29) is 17.5 Å². The summed E-state index contributed by atoms with van der Waals surface area (Å²) in [5.41, 5.74) is 0.950. The van der Waals surface area contributed by atoms with Crippen LogP contribution in [0.1, 0.15) is 37.9 Å². The van der Waals surface area contributed by atoms with E-state index in [0.29, 0.717) is 31.9 Å². The molecule has 4 heterocycles. The van der Waals surface area contributed by atoms with Crippen molar-refractivity contribution >= 4 is 17.5 Å². The maximum atomic E-state index is 14.5. The van der Waals surface area contributed by atoms with Gasteiger partial charge in [0.15, 0.2) is 5.82 Å². The lowest BCUT2D eigenvalue weighted by molar-refractivity contribution is -0.120. The average molecular weight is 436 g/mol. The largest absolute Gasteiger partial charge is 0.341 e. The highest BCUT2D eigenvalue weighted by Crippen LogP contribution is 2.28. The second kappa shape index (κ2) is 9.02. The minimum absolute atomic E-state index is 0.158. The van der Waals surface area contributed by atoms with Crippen LogP contribution in [-0.2, 0) is 17.8 Å². The fourth-order valence-electron chi connectivity index (χ4n) is 4.49. The Bertz CT molecular complexity index is 1090. The molecule has 1 aromatic carbocycles. The number of carbonyl (C=O) groups excluding carboxylic acids is 1. The number of halogens is 1. The SMILES string of the molecule is O=C(Nc1cc(-c2nnc3n2CCCCC3)ccc1F)C1CCN(c2ncccn2)CC1. The van der Waals surface area contributed by atoms with Gasteiger partial charge in [-0.15, -0.1) is 10.2 Å². The van der Waals surface area contributed by atoms with E-state index >= 15 is 0 Å². The molecule has 8 nitrogen and oxygen atoms in total. The Labute approximate surface area is 185 Å². The highest BCUT2D eigenvalue weighted by molar-refractivity contribution is 5.93. The number of anilines is 2. The molecule has 166 valence electrons. The monoisotopic (exact) mass is 435 g/mol. The normalized spacial score (nSPS) is 17.0. The van der Waals surface area contributed by atoms with E-state index in [2.05, 4.69) is 34.9 Å². The molecule has 32 heavy (non-hydrogen) atoms. The van der Waals surface area contributed by atoms with Gasteiger partial charge >= 0.3 is 0 Å². The molecule has 0 radical (unpaired) electrons. The van der Waals surface area contributed by atoms with E-state index in [1.165, 1.54) is 12.5 Å². The average Bonchev–Trinajstić information content (AvgIpc) is 3.09. The van der Waals surface area contributed by atoms with Crippen LogP contribution in [-0.4, -0.2) is 43.7 Å². The van der Waals surface area contributed by atoms with Crippen molar-refractivity contribution in [2.45, 2.75) is 45.1 Å². The Balaban J connectivity index is 1.28. The predicted molar refractivity (Wildman–Crippen MR) is 119 cm³/mol. The van der Waals surface area contributed by atoms with Crippen LogP contribution in [0.5, 0.6) is 0 Å². The van der Waals surface area contributed by atoms with Crippen LogP contribution in [0, 0.1) is 11.7 Å². The summed E-state index contributed by atoms with van der Waals surface area (Å²) in [7, 11) is 0. The summed E-state index contributed by atoms with van der Waals surface area (Å²) in [5.74, 6) is 1.60. The third-order valence-electron chi connectivity index (χ3n) is 6.29. The number of nitrogens with one attached hydrogen (secondary N) is 1. The van der Waals surface area contributed by atoms with Crippen LogP contribution in [0.15, 0.2) is 36.7 Å². The summed E-state index contributed by atoms with van der Waals surface area (Å²) in [6, 6.07) is 6.54. The highest BCUT2D eigenvalue weighted by Gasteiger charge is 2.27. The third kappa shape index (κ3) is 4.19. The number of piperidine rings is 1. The summed E-state index contributed by atoms with van der Waals surface area (Å²) >= 11 is 0. The van der Waals surface area contributed by atoms with Gasteiger partial charge in [-0.2, -0.15) is 0 Å². The lowest BCUT2D eigenvalue weighted by Gasteiger charge is -2.31. The molecule has 3 aromatic rings. The van der Waals surface area contributed by atoms with Crippen LogP contribution in [0.3, 0.4) is 0 Å². The number of hydrogen-bond donors (Lipinski definition) is 1. The second-order valence-corrected chi connectivity index (χ2v) is 8.40. The number of benzene rings is 1. The zero-order valence-corrected chi connectivity index (χ0v) is 17.9. The van der Waals surface area contributed by atoms with Crippen molar-refractivity contribution in [1.82, 2.24) is 24.7 Å². The number of nitrogens with zero attached hydrogens (tertiary/aromatic N) is 6. The van der Waals surface area contributed by atoms with Crippen LogP contribution >= 0.6 is 0 Å². The summed E-state index contributed by atoms with van der Waals surface area (Å²) < 4.78 is 16.7. The fourth-order valence-corrected chi connectivity index (χ4v) is 4.49. The van der Waals surface area contributed by atoms with E-state index in [4.69, 9.17) is 0 Å². The molecular weight excluding hydrogens is 409 g/mol. The van der Waals surface area contributed by atoms with Gasteiger partial charge in [0.2, 0.25) is 11.9 Å². The first kappa shape index (κ1) is 20.5. The van der Waals surface area contributed by atoms with Gasteiger partial charge in [-0.25, -0.2) is 14.4 Å². The maximum Gasteiger partial charge on any atom is 0.227 e. The van der Waals surface area contributed by atoms with Crippen LogP contribution in [0.2, 0.25) is 0 Å². The molecule has 9 heteroatoms. The van der Waals surface area contributed by atoms with Crippen molar-refractivity contribution < 1.29 is 9.18 Å². The molecule has 0 unspecified atom stereocenters. The lowest BCUT2D eigenvalue weighted by Crippen LogP contribution is -2.39. The smallest absolute Gasteiger partial charge is 0.227 e. The van der Waals surface area contributed by atoms with Crippen LogP contribution in [0.4, 0.5) is 16.0 Å². The molecule has 2 aliphatic heterocycles. The number of aromatic nitrogens is 5. The molecule has 0 saturated carbocycles. The molecule has 0 aliphatic carbocycles. The molecule has 1 fully saturated rings. The Morgan fingerprint density at radius 1 is 1.03 bits per heavy atom. The summed E-state index contributed by atoms with van der Waals surface area (Å²) in [6.45, 7) is 2.24. The van der Waals surface area contributed by atoms with Gasteiger partial charge in [-0.3, -0.25) is 4.79 Å². The number of carbonyl (C=O) groups is 1. The number of rotatable bonds is 4. The Kier molecular flexibility index (Phi) is 5.79. The third-order valence-corrected chi connectivity index (χ3v) is 6.29. The first-order valence-electron chi connectivity index (χ1n) is 11.2. The summed E-state index contributed by atoms with van der Waals surface area (Å²) in [6.07, 6.45) is 9.03. The van der Waals surface area contributed by atoms with Gasteiger partial charge in [-0.05, 0) is 49.9 Å². The van der Waals surface area contributed by atoms with Crippen molar-refractivity contribution in [3.8, 4) is 11.4 Å². The van der Waals surface area contributed by atoms with Gasteiger partial charge in [0.05, 0.1) is 5.69 Å². The van der Waals surface area contributed by atoms with Gasteiger partial charge < -0.3 is 14.8 Å². The van der Waals surface area contributed by atoms with Crippen molar-refractivity contribution in [3.05, 3.63) is 48.3 Å². The Hall–Kier alpha value is -3.36.